The van der Waals surface area contributed by atoms with Crippen LogP contribution in [0.1, 0.15) is 19.4 Å². The van der Waals surface area contributed by atoms with Gasteiger partial charge in [0, 0.05) is 6.42 Å². The fourth-order valence-corrected chi connectivity index (χ4v) is 0.967. The molecule has 1 rings (SSSR count). The van der Waals surface area contributed by atoms with Crippen molar-refractivity contribution in [3.05, 3.63) is 35.8 Å². The maximum absolute atomic E-state index is 11.2. The molecule has 0 radical (unpaired) electrons. The summed E-state index contributed by atoms with van der Waals surface area (Å²) in [7, 11) is 0. The van der Waals surface area contributed by atoms with Gasteiger partial charge in [0.1, 0.15) is 0 Å². The van der Waals surface area contributed by atoms with Crippen LogP contribution in [0.3, 0.4) is 0 Å². The van der Waals surface area contributed by atoms with Crippen molar-refractivity contribution in [1.82, 2.24) is 0 Å². The van der Waals surface area contributed by atoms with Gasteiger partial charge in [0.25, 0.3) is 0 Å². The van der Waals surface area contributed by atoms with Crippen LogP contribution in [-0.2, 0) is 11.2 Å². The van der Waals surface area contributed by atoms with Crippen molar-refractivity contribution < 1.29 is 9.21 Å². The average molecular weight is 164 g/mol. The maximum atomic E-state index is 11.2. The predicted molar refractivity (Wildman–Crippen MR) is 46.9 cm³/mol. The topological polar surface area (TPSA) is 30.2 Å². The van der Waals surface area contributed by atoms with Crippen LogP contribution >= 0.6 is 0 Å². The van der Waals surface area contributed by atoms with E-state index in [-0.39, 0.29) is 5.78 Å². The first kappa shape index (κ1) is 8.78. The van der Waals surface area contributed by atoms with Gasteiger partial charge in [0.2, 0.25) is 0 Å². The molecular formula is C10H12O2. The van der Waals surface area contributed by atoms with Crippen LogP contribution in [0.2, 0.25) is 0 Å². The third-order valence-corrected chi connectivity index (χ3v) is 1.41. The molecule has 0 saturated carbocycles. The van der Waals surface area contributed by atoms with Crippen molar-refractivity contribution in [3.63, 3.8) is 0 Å². The summed E-state index contributed by atoms with van der Waals surface area (Å²) in [6, 6.07) is 1.80. The molecule has 2 nitrogen and oxygen atoms in total. The number of hydrogen-bond acceptors (Lipinski definition) is 2. The lowest BCUT2D eigenvalue weighted by molar-refractivity contribution is -0.114. The minimum atomic E-state index is 0.122. The molecule has 0 fully saturated rings. The van der Waals surface area contributed by atoms with Crippen LogP contribution in [0.25, 0.3) is 0 Å². The first-order chi connectivity index (χ1) is 5.68. The molecule has 0 N–H and O–H groups in total. The molecular weight excluding hydrogens is 152 g/mol. The quantitative estimate of drug-likeness (QED) is 0.642. The second-order valence-corrected chi connectivity index (χ2v) is 3.00. The Balaban J connectivity index is 2.54. The van der Waals surface area contributed by atoms with Gasteiger partial charge in [-0.1, -0.05) is 5.57 Å². The summed E-state index contributed by atoms with van der Waals surface area (Å²) in [5.74, 6) is 0.122. The minimum absolute atomic E-state index is 0.122. The monoisotopic (exact) mass is 164 g/mol. The molecule has 0 atom stereocenters. The molecule has 0 aromatic carbocycles. The van der Waals surface area contributed by atoms with Crippen molar-refractivity contribution in [1.29, 1.82) is 0 Å². The second-order valence-electron chi connectivity index (χ2n) is 3.00. The van der Waals surface area contributed by atoms with E-state index in [0.717, 1.165) is 11.1 Å². The molecule has 12 heavy (non-hydrogen) atoms. The SMILES string of the molecule is CC(C)=CC(=O)Cc1ccoc1. The van der Waals surface area contributed by atoms with Gasteiger partial charge in [-0.05, 0) is 31.6 Å². The Morgan fingerprint density at radius 2 is 2.33 bits per heavy atom. The van der Waals surface area contributed by atoms with Crippen LogP contribution in [0.5, 0.6) is 0 Å². The first-order valence-electron chi connectivity index (χ1n) is 3.87. The molecule has 0 aliphatic carbocycles. The Morgan fingerprint density at radius 3 is 2.83 bits per heavy atom. The van der Waals surface area contributed by atoms with Gasteiger partial charge in [-0.2, -0.15) is 0 Å². The summed E-state index contributed by atoms with van der Waals surface area (Å²) >= 11 is 0. The van der Waals surface area contributed by atoms with E-state index in [1.165, 1.54) is 0 Å². The van der Waals surface area contributed by atoms with Gasteiger partial charge in [-0.15, -0.1) is 0 Å². The normalized spacial score (nSPS) is 9.50. The highest BCUT2D eigenvalue weighted by Crippen LogP contribution is 2.02. The molecule has 64 valence electrons. The lowest BCUT2D eigenvalue weighted by atomic mass is 10.1. The van der Waals surface area contributed by atoms with Gasteiger partial charge >= 0.3 is 0 Å². The first-order valence-corrected chi connectivity index (χ1v) is 3.87. The summed E-state index contributed by atoms with van der Waals surface area (Å²) < 4.78 is 4.85. The standard InChI is InChI=1S/C10H12O2/c1-8(2)5-10(11)6-9-3-4-12-7-9/h3-5,7H,6H2,1-2H3. The highest BCUT2D eigenvalue weighted by Gasteiger charge is 2.00. The summed E-state index contributed by atoms with van der Waals surface area (Å²) in [5.41, 5.74) is 1.96. The highest BCUT2D eigenvalue weighted by molar-refractivity contribution is 5.91. The summed E-state index contributed by atoms with van der Waals surface area (Å²) in [4.78, 5) is 11.2. The van der Waals surface area contributed by atoms with Gasteiger partial charge in [0.05, 0.1) is 12.5 Å². The molecule has 2 heteroatoms. The van der Waals surface area contributed by atoms with E-state index >= 15 is 0 Å². The highest BCUT2D eigenvalue weighted by atomic mass is 16.3. The Kier molecular flexibility index (Phi) is 2.86. The van der Waals surface area contributed by atoms with E-state index in [4.69, 9.17) is 4.42 Å². The Bertz CT molecular complexity index is 277. The molecule has 0 bridgehead atoms. The van der Waals surface area contributed by atoms with E-state index < -0.39 is 0 Å². The van der Waals surface area contributed by atoms with Crippen LogP contribution in [0, 0.1) is 0 Å². The van der Waals surface area contributed by atoms with E-state index in [9.17, 15) is 4.79 Å². The van der Waals surface area contributed by atoms with Gasteiger partial charge in [-0.25, -0.2) is 0 Å². The van der Waals surface area contributed by atoms with Crippen molar-refractivity contribution in [2.75, 3.05) is 0 Å². The number of rotatable bonds is 3. The van der Waals surface area contributed by atoms with E-state index in [1.54, 1.807) is 24.7 Å². The number of ketones is 1. The summed E-state index contributed by atoms with van der Waals surface area (Å²) in [5, 5.41) is 0. The largest absolute Gasteiger partial charge is 0.472 e. The zero-order valence-electron chi connectivity index (χ0n) is 7.33. The number of allylic oxidation sites excluding steroid dienone is 2. The molecule has 0 unspecified atom stereocenters. The molecule has 1 heterocycles. The molecule has 0 amide bonds. The zero-order valence-corrected chi connectivity index (χ0v) is 7.33. The van der Waals surface area contributed by atoms with Crippen LogP contribution < -0.4 is 0 Å². The van der Waals surface area contributed by atoms with Crippen molar-refractivity contribution in [2.24, 2.45) is 0 Å². The zero-order chi connectivity index (χ0) is 8.97. The number of hydrogen-bond donors (Lipinski definition) is 0. The Morgan fingerprint density at radius 1 is 1.58 bits per heavy atom. The molecule has 0 spiro atoms. The minimum Gasteiger partial charge on any atom is -0.472 e. The summed E-state index contributed by atoms with van der Waals surface area (Å²) in [6.45, 7) is 3.82. The lowest BCUT2D eigenvalue weighted by Crippen LogP contribution is -1.97. The summed E-state index contributed by atoms with van der Waals surface area (Å²) in [6.07, 6.45) is 5.25. The molecule has 1 aromatic rings. The van der Waals surface area contributed by atoms with Crippen LogP contribution in [-0.4, -0.2) is 5.78 Å². The maximum Gasteiger partial charge on any atom is 0.160 e. The molecule has 0 aliphatic heterocycles. The number of carbonyl (C=O) groups excluding carboxylic acids is 1. The van der Waals surface area contributed by atoms with Gasteiger partial charge < -0.3 is 4.42 Å². The predicted octanol–water partition coefficient (Wildman–Crippen LogP) is 2.36. The molecule has 0 aliphatic rings. The Labute approximate surface area is 71.9 Å². The Hall–Kier alpha value is -1.31. The smallest absolute Gasteiger partial charge is 0.160 e. The van der Waals surface area contributed by atoms with Crippen molar-refractivity contribution in [3.8, 4) is 0 Å². The van der Waals surface area contributed by atoms with Crippen molar-refractivity contribution in [2.45, 2.75) is 20.3 Å². The second kappa shape index (κ2) is 3.90. The fraction of sp³-hybridized carbons (Fsp3) is 0.300. The van der Waals surface area contributed by atoms with E-state index in [2.05, 4.69) is 0 Å². The van der Waals surface area contributed by atoms with Crippen LogP contribution in [0.4, 0.5) is 0 Å². The average Bonchev–Trinajstić information content (AvgIpc) is 2.37. The molecule has 1 aromatic heterocycles. The van der Waals surface area contributed by atoms with Gasteiger partial charge in [-0.3, -0.25) is 4.79 Å². The van der Waals surface area contributed by atoms with Crippen LogP contribution in [0.15, 0.2) is 34.7 Å². The number of carbonyl (C=O) groups is 1. The fourth-order valence-electron chi connectivity index (χ4n) is 0.967. The molecule has 0 saturated heterocycles. The van der Waals surface area contributed by atoms with Crippen molar-refractivity contribution >= 4 is 5.78 Å². The number of furan rings is 1. The lowest BCUT2D eigenvalue weighted by Gasteiger charge is -1.91. The third-order valence-electron chi connectivity index (χ3n) is 1.41. The van der Waals surface area contributed by atoms with E-state index in [1.807, 2.05) is 13.8 Å². The van der Waals surface area contributed by atoms with E-state index in [0.29, 0.717) is 6.42 Å². The third kappa shape index (κ3) is 2.74. The van der Waals surface area contributed by atoms with Gasteiger partial charge in [0.15, 0.2) is 5.78 Å².